The molecule has 1 rings (SSSR count). The summed E-state index contributed by atoms with van der Waals surface area (Å²) in [7, 11) is 0. The van der Waals surface area contributed by atoms with Gasteiger partial charge >= 0.3 is 11.9 Å². The highest BCUT2D eigenvalue weighted by Gasteiger charge is 2.19. The fourth-order valence-electron chi connectivity index (χ4n) is 1.17. The van der Waals surface area contributed by atoms with Gasteiger partial charge < -0.3 is 15.3 Å². The first-order valence-corrected chi connectivity index (χ1v) is 5.23. The number of aliphatic hydroxyl groups excluding tert-OH is 1. The molecule has 0 atom stereocenters. The van der Waals surface area contributed by atoms with E-state index >= 15 is 0 Å². The van der Waals surface area contributed by atoms with E-state index in [9.17, 15) is 14.0 Å². The molecule has 5 nitrogen and oxygen atoms in total. The summed E-state index contributed by atoms with van der Waals surface area (Å²) in [4.78, 5) is 21.2. The summed E-state index contributed by atoms with van der Waals surface area (Å²) in [5.41, 5.74) is -0.876. The van der Waals surface area contributed by atoms with E-state index in [0.717, 1.165) is 18.6 Å². The molecule has 0 aliphatic carbocycles. The van der Waals surface area contributed by atoms with Crippen molar-refractivity contribution in [3.05, 3.63) is 34.6 Å². The summed E-state index contributed by atoms with van der Waals surface area (Å²) in [5, 5.41) is 25.1. The molecule has 100 valence electrons. The van der Waals surface area contributed by atoms with Gasteiger partial charge in [0.1, 0.15) is 5.82 Å². The van der Waals surface area contributed by atoms with Gasteiger partial charge in [-0.3, -0.25) is 0 Å². The molecule has 0 aliphatic rings. The molecule has 1 aromatic rings. The molecule has 0 saturated carbocycles. The van der Waals surface area contributed by atoms with Crippen molar-refractivity contribution in [1.82, 2.24) is 0 Å². The van der Waals surface area contributed by atoms with Crippen LogP contribution in [0.2, 0.25) is 0 Å². The van der Waals surface area contributed by atoms with Crippen LogP contribution in [0.25, 0.3) is 0 Å². The molecule has 0 heterocycles. The predicted molar refractivity (Wildman–Crippen MR) is 62.4 cm³/mol. The van der Waals surface area contributed by atoms with Crippen LogP contribution in [-0.4, -0.2) is 33.9 Å². The fraction of sp³-hybridized carbons (Fsp3) is 0.333. The second-order valence-corrected chi connectivity index (χ2v) is 3.43. The third-order valence-electron chi connectivity index (χ3n) is 2.08. The van der Waals surface area contributed by atoms with E-state index in [1.807, 2.05) is 6.92 Å². The minimum absolute atomic E-state index is 0.0787. The zero-order valence-corrected chi connectivity index (χ0v) is 10.1. The summed E-state index contributed by atoms with van der Waals surface area (Å²) in [6, 6.07) is 1.87. The molecule has 0 aromatic heterocycles. The smallest absolute Gasteiger partial charge is 0.338 e. The van der Waals surface area contributed by atoms with Crippen molar-refractivity contribution in [2.24, 2.45) is 0 Å². The standard InChI is InChI=1S/C9H7FO4.C3H8O/c1-4-5(8(11)12)2-3-6(10)7(4)9(13)14;1-2-3-4/h2-3H,1H3,(H,11,12)(H,13,14);4H,2-3H2,1H3. The quantitative estimate of drug-likeness (QED) is 0.769. The highest BCUT2D eigenvalue weighted by atomic mass is 19.1. The molecule has 0 unspecified atom stereocenters. The summed E-state index contributed by atoms with van der Waals surface area (Å²) >= 11 is 0. The third kappa shape index (κ3) is 4.14. The predicted octanol–water partition coefficient (Wildman–Crippen LogP) is 1.92. The number of benzene rings is 1. The Morgan fingerprint density at radius 1 is 1.22 bits per heavy atom. The molecule has 0 radical (unpaired) electrons. The molecule has 0 bridgehead atoms. The number of halogens is 1. The zero-order chi connectivity index (χ0) is 14.3. The lowest BCUT2D eigenvalue weighted by molar-refractivity contribution is 0.0691. The average Bonchev–Trinajstić information content (AvgIpc) is 2.28. The lowest BCUT2D eigenvalue weighted by Gasteiger charge is -2.05. The van der Waals surface area contributed by atoms with E-state index in [1.165, 1.54) is 6.92 Å². The van der Waals surface area contributed by atoms with Crippen LogP contribution in [0, 0.1) is 12.7 Å². The van der Waals surface area contributed by atoms with Crippen LogP contribution in [-0.2, 0) is 0 Å². The van der Waals surface area contributed by atoms with Gasteiger partial charge in [-0.2, -0.15) is 0 Å². The summed E-state index contributed by atoms with van der Waals surface area (Å²) in [5.74, 6) is -3.67. The molecule has 3 N–H and O–H groups in total. The van der Waals surface area contributed by atoms with E-state index in [0.29, 0.717) is 6.61 Å². The number of hydrogen-bond acceptors (Lipinski definition) is 3. The molecular formula is C12H15FO5. The molecule has 6 heteroatoms. The maximum Gasteiger partial charge on any atom is 0.338 e. The second kappa shape index (κ2) is 7.39. The van der Waals surface area contributed by atoms with Crippen molar-refractivity contribution in [3.63, 3.8) is 0 Å². The highest BCUT2D eigenvalue weighted by Crippen LogP contribution is 2.17. The average molecular weight is 258 g/mol. The SMILES string of the molecule is CCCO.Cc1c(C(=O)O)ccc(F)c1C(=O)O. The van der Waals surface area contributed by atoms with Gasteiger partial charge in [0.15, 0.2) is 0 Å². The minimum Gasteiger partial charge on any atom is -0.478 e. The van der Waals surface area contributed by atoms with Gasteiger partial charge in [0, 0.05) is 6.61 Å². The molecule has 0 amide bonds. The van der Waals surface area contributed by atoms with Gasteiger partial charge in [-0.15, -0.1) is 0 Å². The van der Waals surface area contributed by atoms with Crippen LogP contribution in [0.4, 0.5) is 4.39 Å². The summed E-state index contributed by atoms with van der Waals surface area (Å²) in [6.45, 7) is 3.51. The van der Waals surface area contributed by atoms with Crippen molar-refractivity contribution >= 4 is 11.9 Å². The van der Waals surface area contributed by atoms with Gasteiger partial charge in [-0.1, -0.05) is 6.92 Å². The van der Waals surface area contributed by atoms with Crippen LogP contribution in [0.1, 0.15) is 39.6 Å². The van der Waals surface area contributed by atoms with E-state index in [2.05, 4.69) is 0 Å². The topological polar surface area (TPSA) is 94.8 Å². The fourth-order valence-corrected chi connectivity index (χ4v) is 1.17. The van der Waals surface area contributed by atoms with Gasteiger partial charge in [0.2, 0.25) is 0 Å². The Bertz CT molecular complexity index is 440. The molecule has 0 fully saturated rings. The number of carboxylic acid groups (broad SMARTS) is 2. The summed E-state index contributed by atoms with van der Waals surface area (Å²) < 4.78 is 13.0. The molecular weight excluding hydrogens is 243 g/mol. The van der Waals surface area contributed by atoms with Crippen LogP contribution in [0.15, 0.2) is 12.1 Å². The first kappa shape index (κ1) is 16.1. The largest absolute Gasteiger partial charge is 0.478 e. The third-order valence-corrected chi connectivity index (χ3v) is 2.08. The number of rotatable bonds is 3. The monoisotopic (exact) mass is 258 g/mol. The maximum absolute atomic E-state index is 13.0. The van der Waals surface area contributed by atoms with Gasteiger partial charge in [-0.25, -0.2) is 14.0 Å². The van der Waals surface area contributed by atoms with Crippen molar-refractivity contribution in [1.29, 1.82) is 0 Å². The summed E-state index contributed by atoms with van der Waals surface area (Å²) in [6.07, 6.45) is 0.875. The van der Waals surface area contributed by atoms with E-state index in [4.69, 9.17) is 15.3 Å². The molecule has 1 aromatic carbocycles. The normalized spacial score (nSPS) is 9.33. The van der Waals surface area contributed by atoms with Crippen molar-refractivity contribution in [3.8, 4) is 0 Å². The van der Waals surface area contributed by atoms with E-state index in [1.54, 1.807) is 0 Å². The van der Waals surface area contributed by atoms with Crippen molar-refractivity contribution < 1.29 is 29.3 Å². The van der Waals surface area contributed by atoms with Gasteiger partial charge in [0.25, 0.3) is 0 Å². The lowest BCUT2D eigenvalue weighted by atomic mass is 10.0. The Balaban J connectivity index is 0.000000631. The number of aliphatic hydroxyl groups is 1. The van der Waals surface area contributed by atoms with E-state index < -0.39 is 23.3 Å². The van der Waals surface area contributed by atoms with Crippen LogP contribution >= 0.6 is 0 Å². The Morgan fingerprint density at radius 2 is 1.72 bits per heavy atom. The number of aromatic carboxylic acids is 2. The molecule has 0 saturated heterocycles. The Kier molecular flexibility index (Phi) is 6.59. The van der Waals surface area contributed by atoms with Crippen LogP contribution in [0.3, 0.4) is 0 Å². The van der Waals surface area contributed by atoms with Gasteiger partial charge in [0.05, 0.1) is 11.1 Å². The minimum atomic E-state index is -1.47. The second-order valence-electron chi connectivity index (χ2n) is 3.43. The Labute approximate surface area is 103 Å². The highest BCUT2D eigenvalue weighted by molar-refractivity contribution is 5.96. The number of carbonyl (C=O) groups is 2. The Morgan fingerprint density at radius 3 is 2.06 bits per heavy atom. The lowest BCUT2D eigenvalue weighted by Crippen LogP contribution is -2.09. The molecule has 0 aliphatic heterocycles. The zero-order valence-electron chi connectivity index (χ0n) is 10.1. The number of carboxylic acids is 2. The first-order chi connectivity index (χ1) is 8.36. The number of hydrogen-bond donors (Lipinski definition) is 3. The molecule has 0 spiro atoms. The van der Waals surface area contributed by atoms with Crippen molar-refractivity contribution in [2.45, 2.75) is 20.3 Å². The molecule has 18 heavy (non-hydrogen) atoms. The first-order valence-electron chi connectivity index (χ1n) is 5.23. The Hall–Kier alpha value is -1.95. The van der Waals surface area contributed by atoms with Crippen molar-refractivity contribution in [2.75, 3.05) is 6.61 Å². The maximum atomic E-state index is 13.0. The van der Waals surface area contributed by atoms with Crippen LogP contribution < -0.4 is 0 Å². The van der Waals surface area contributed by atoms with Gasteiger partial charge in [-0.05, 0) is 31.0 Å². The van der Waals surface area contributed by atoms with Crippen LogP contribution in [0.5, 0.6) is 0 Å². The van der Waals surface area contributed by atoms with E-state index in [-0.39, 0.29) is 11.1 Å².